The molecule has 1 heterocycles. The Morgan fingerprint density at radius 2 is 1.86 bits per heavy atom. The lowest BCUT2D eigenvalue weighted by molar-refractivity contribution is 0.0696. The van der Waals surface area contributed by atoms with Gasteiger partial charge in [-0.3, -0.25) is 4.79 Å². The molecule has 0 unspecified atom stereocenters. The van der Waals surface area contributed by atoms with Gasteiger partial charge in [0.2, 0.25) is 0 Å². The van der Waals surface area contributed by atoms with E-state index >= 15 is 0 Å². The minimum atomic E-state index is -0.981. The molecule has 37 heavy (non-hydrogen) atoms. The number of hydrazone groups is 1. The van der Waals surface area contributed by atoms with E-state index in [1.165, 1.54) is 25.5 Å². The van der Waals surface area contributed by atoms with E-state index in [4.69, 9.17) is 23.7 Å². The van der Waals surface area contributed by atoms with Crippen molar-refractivity contribution < 1.29 is 33.3 Å². The molecule has 9 nitrogen and oxygen atoms in total. The molecule has 0 aliphatic heterocycles. The van der Waals surface area contributed by atoms with Gasteiger partial charge in [0.1, 0.15) is 17.9 Å². The maximum atomic E-state index is 12.5. The van der Waals surface area contributed by atoms with Gasteiger partial charge in [-0.05, 0) is 89.2 Å². The number of halogens is 1. The number of nitrogens with one attached hydrogen (secondary N) is 1. The van der Waals surface area contributed by atoms with Crippen molar-refractivity contribution in [3.05, 3.63) is 86.7 Å². The lowest BCUT2D eigenvalue weighted by Crippen LogP contribution is -2.16. The second-order valence-electron chi connectivity index (χ2n) is 7.77. The van der Waals surface area contributed by atoms with Crippen molar-refractivity contribution in [1.29, 1.82) is 0 Å². The van der Waals surface area contributed by atoms with Crippen molar-refractivity contribution in [3.8, 4) is 17.2 Å². The van der Waals surface area contributed by atoms with Crippen molar-refractivity contribution >= 4 is 51.7 Å². The van der Waals surface area contributed by atoms with E-state index in [-0.39, 0.29) is 17.9 Å². The second kappa shape index (κ2) is 11.8. The number of furan rings is 1. The largest absolute Gasteiger partial charge is 0.494 e. The zero-order chi connectivity index (χ0) is 26.4. The maximum absolute atomic E-state index is 12.5. The van der Waals surface area contributed by atoms with Crippen LogP contribution in [0.2, 0.25) is 0 Å². The predicted molar refractivity (Wildman–Crippen MR) is 146 cm³/mol. The monoisotopic (exact) mass is 614 g/mol. The van der Waals surface area contributed by atoms with Crippen molar-refractivity contribution in [2.45, 2.75) is 13.5 Å². The maximum Gasteiger partial charge on any atom is 0.335 e. The molecule has 3 aromatic carbocycles. The van der Waals surface area contributed by atoms with Gasteiger partial charge in [-0.25, -0.2) is 10.2 Å². The summed E-state index contributed by atoms with van der Waals surface area (Å²) in [6, 6.07) is 17.0. The first-order valence-corrected chi connectivity index (χ1v) is 12.3. The molecule has 0 aliphatic carbocycles. The standard InChI is InChI=1S/C27H23IN2O7/c1-3-35-20-8-9-22-19(12-20)13-24(37-22)26(31)30-29-14-17-10-21(28)25(23(11-17)34-2)36-15-16-4-6-18(7-5-16)27(32)33/h4-14H,3,15H2,1-2H3,(H,30,31)(H,32,33)/b29-14+. The van der Waals surface area contributed by atoms with Crippen LogP contribution in [0, 0.1) is 3.57 Å². The fourth-order valence-electron chi connectivity index (χ4n) is 3.46. The van der Waals surface area contributed by atoms with E-state index in [0.29, 0.717) is 35.0 Å². The minimum absolute atomic E-state index is 0.132. The molecule has 0 aliphatic rings. The summed E-state index contributed by atoms with van der Waals surface area (Å²) in [5.74, 6) is 0.400. The Kier molecular flexibility index (Phi) is 8.29. The molecule has 0 radical (unpaired) electrons. The van der Waals surface area contributed by atoms with Gasteiger partial charge in [-0.2, -0.15) is 5.10 Å². The molecule has 190 valence electrons. The fraction of sp³-hybridized carbons (Fsp3) is 0.148. The topological polar surface area (TPSA) is 120 Å². The first kappa shape index (κ1) is 26.0. The van der Waals surface area contributed by atoms with Crippen LogP contribution in [0.5, 0.6) is 17.2 Å². The van der Waals surface area contributed by atoms with Crippen LogP contribution in [0.25, 0.3) is 11.0 Å². The van der Waals surface area contributed by atoms with Crippen LogP contribution in [0.3, 0.4) is 0 Å². The van der Waals surface area contributed by atoms with Gasteiger partial charge in [0.15, 0.2) is 17.3 Å². The van der Waals surface area contributed by atoms with Crippen molar-refractivity contribution in [1.82, 2.24) is 5.43 Å². The van der Waals surface area contributed by atoms with E-state index in [1.54, 1.807) is 36.4 Å². The Morgan fingerprint density at radius 1 is 1.08 bits per heavy atom. The van der Waals surface area contributed by atoms with Crippen LogP contribution in [0.15, 0.2) is 70.2 Å². The van der Waals surface area contributed by atoms with E-state index in [2.05, 4.69) is 33.1 Å². The molecule has 0 saturated heterocycles. The van der Waals surface area contributed by atoms with Gasteiger partial charge < -0.3 is 23.7 Å². The number of carbonyl (C=O) groups excluding carboxylic acids is 1. The number of amides is 1. The zero-order valence-electron chi connectivity index (χ0n) is 20.0. The number of carboxylic acid groups (broad SMARTS) is 1. The molecule has 0 fully saturated rings. The van der Waals surface area contributed by atoms with Gasteiger partial charge in [0.05, 0.1) is 29.1 Å². The molecular formula is C27H23IN2O7. The van der Waals surface area contributed by atoms with Crippen LogP contribution >= 0.6 is 22.6 Å². The van der Waals surface area contributed by atoms with E-state index in [1.807, 2.05) is 19.1 Å². The first-order valence-electron chi connectivity index (χ1n) is 11.2. The molecule has 10 heteroatoms. The SMILES string of the molecule is CCOc1ccc2oc(C(=O)N/N=C/c3cc(I)c(OCc4ccc(C(=O)O)cc4)c(OC)c3)cc2c1. The van der Waals surface area contributed by atoms with Gasteiger partial charge in [0.25, 0.3) is 0 Å². The highest BCUT2D eigenvalue weighted by Gasteiger charge is 2.14. The van der Waals surface area contributed by atoms with Crippen molar-refractivity contribution in [2.75, 3.05) is 13.7 Å². The van der Waals surface area contributed by atoms with Crippen LogP contribution < -0.4 is 19.6 Å². The van der Waals surface area contributed by atoms with E-state index < -0.39 is 11.9 Å². The number of hydrogen-bond acceptors (Lipinski definition) is 7. The summed E-state index contributed by atoms with van der Waals surface area (Å²) in [7, 11) is 1.53. The second-order valence-corrected chi connectivity index (χ2v) is 8.93. The van der Waals surface area contributed by atoms with Crippen LogP contribution in [-0.2, 0) is 6.61 Å². The normalized spacial score (nSPS) is 11.0. The Morgan fingerprint density at radius 3 is 2.57 bits per heavy atom. The van der Waals surface area contributed by atoms with Crippen molar-refractivity contribution in [3.63, 3.8) is 0 Å². The Bertz CT molecular complexity index is 1460. The van der Waals surface area contributed by atoms with E-state index in [9.17, 15) is 9.59 Å². The van der Waals surface area contributed by atoms with Crippen LogP contribution in [0.1, 0.15) is 39.0 Å². The molecule has 1 aromatic heterocycles. The van der Waals surface area contributed by atoms with Crippen molar-refractivity contribution in [2.24, 2.45) is 5.10 Å². The highest BCUT2D eigenvalue weighted by atomic mass is 127. The molecule has 0 spiro atoms. The summed E-state index contributed by atoms with van der Waals surface area (Å²) in [6.07, 6.45) is 1.49. The molecule has 0 bridgehead atoms. The minimum Gasteiger partial charge on any atom is -0.494 e. The third-order valence-electron chi connectivity index (χ3n) is 5.24. The molecule has 0 saturated carbocycles. The summed E-state index contributed by atoms with van der Waals surface area (Å²) in [4.78, 5) is 23.5. The first-order chi connectivity index (χ1) is 17.9. The average molecular weight is 614 g/mol. The summed E-state index contributed by atoms with van der Waals surface area (Å²) >= 11 is 2.13. The quantitative estimate of drug-likeness (QED) is 0.138. The number of fused-ring (bicyclic) bond motifs is 1. The van der Waals surface area contributed by atoms with Gasteiger partial charge in [-0.15, -0.1) is 0 Å². The smallest absolute Gasteiger partial charge is 0.335 e. The van der Waals surface area contributed by atoms with Gasteiger partial charge in [-0.1, -0.05) is 12.1 Å². The lowest BCUT2D eigenvalue weighted by atomic mass is 10.1. The number of aromatic carboxylic acids is 1. The fourth-order valence-corrected chi connectivity index (χ4v) is 4.24. The van der Waals surface area contributed by atoms with Crippen LogP contribution in [0.4, 0.5) is 0 Å². The number of carboxylic acids is 1. The number of ether oxygens (including phenoxy) is 3. The number of benzene rings is 3. The van der Waals surface area contributed by atoms with Gasteiger partial charge >= 0.3 is 11.9 Å². The molecule has 2 N–H and O–H groups in total. The number of methoxy groups -OCH3 is 1. The number of hydrogen-bond donors (Lipinski definition) is 2. The molecular weight excluding hydrogens is 591 g/mol. The highest BCUT2D eigenvalue weighted by Crippen LogP contribution is 2.34. The summed E-state index contributed by atoms with van der Waals surface area (Å²) in [5, 5.41) is 13.8. The van der Waals surface area contributed by atoms with Gasteiger partial charge in [0, 0.05) is 5.39 Å². The Balaban J connectivity index is 1.41. The molecule has 4 aromatic rings. The molecule has 0 atom stereocenters. The zero-order valence-corrected chi connectivity index (χ0v) is 22.1. The molecule has 1 amide bonds. The Labute approximate surface area is 226 Å². The summed E-state index contributed by atoms with van der Waals surface area (Å²) < 4.78 is 23.3. The third-order valence-corrected chi connectivity index (χ3v) is 6.04. The number of rotatable bonds is 10. The summed E-state index contributed by atoms with van der Waals surface area (Å²) in [6.45, 7) is 2.68. The highest BCUT2D eigenvalue weighted by molar-refractivity contribution is 14.1. The lowest BCUT2D eigenvalue weighted by Gasteiger charge is -2.13. The molecule has 4 rings (SSSR count). The van der Waals surface area contributed by atoms with Crippen LogP contribution in [-0.4, -0.2) is 36.9 Å². The predicted octanol–water partition coefficient (Wildman–Crippen LogP) is 5.49. The Hall–Kier alpha value is -4.06. The summed E-state index contributed by atoms with van der Waals surface area (Å²) in [5.41, 5.74) is 4.75. The third kappa shape index (κ3) is 6.39. The number of carbonyl (C=O) groups is 2. The number of nitrogens with zero attached hydrogens (tertiary/aromatic N) is 1. The average Bonchev–Trinajstić information content (AvgIpc) is 3.32. The van der Waals surface area contributed by atoms with E-state index in [0.717, 1.165) is 14.5 Å².